The van der Waals surface area contributed by atoms with Gasteiger partial charge in [0.2, 0.25) is 0 Å². The van der Waals surface area contributed by atoms with Gasteiger partial charge in [-0.25, -0.2) is 4.98 Å². The average molecular weight is 357 g/mol. The first kappa shape index (κ1) is 16.5. The van der Waals surface area contributed by atoms with E-state index in [1.165, 1.54) is 10.6 Å². The van der Waals surface area contributed by atoms with Gasteiger partial charge in [-0.05, 0) is 37.3 Å². The Morgan fingerprint density at radius 2 is 2.00 bits per heavy atom. The van der Waals surface area contributed by atoms with Gasteiger partial charge in [0.25, 0.3) is 11.5 Å². The third kappa shape index (κ3) is 3.93. The molecular weight excluding hydrogens is 342 g/mol. The van der Waals surface area contributed by atoms with E-state index in [4.69, 9.17) is 0 Å². The number of aromatic nitrogens is 2. The Morgan fingerprint density at radius 1 is 1.25 bits per heavy atom. The summed E-state index contributed by atoms with van der Waals surface area (Å²) in [5, 5.41) is 4.81. The van der Waals surface area contributed by atoms with Crippen LogP contribution in [-0.4, -0.2) is 15.5 Å². The van der Waals surface area contributed by atoms with Crippen LogP contribution in [0.25, 0.3) is 0 Å². The number of carbonyl (C=O) groups is 1. The highest BCUT2D eigenvalue weighted by molar-refractivity contribution is 8.01. The summed E-state index contributed by atoms with van der Waals surface area (Å²) in [7, 11) is 1.64. The van der Waals surface area contributed by atoms with Gasteiger partial charge in [0.1, 0.15) is 0 Å². The van der Waals surface area contributed by atoms with Crippen molar-refractivity contribution in [3.8, 4) is 0 Å². The summed E-state index contributed by atoms with van der Waals surface area (Å²) in [6.07, 6.45) is 1.58. The number of nitrogens with zero attached hydrogens (tertiary/aromatic N) is 2. The standard InChI is InChI=1S/C17H15N3O2S2/c1-11-10-23-17(18-11)24-14-5-3-13(4-6-14)19-16(22)12-7-8-20(2)15(21)9-12/h3-10H,1-2H3,(H,19,22). The summed E-state index contributed by atoms with van der Waals surface area (Å²) >= 11 is 3.20. The lowest BCUT2D eigenvalue weighted by atomic mass is 10.2. The topological polar surface area (TPSA) is 64.0 Å². The minimum absolute atomic E-state index is 0.215. The maximum atomic E-state index is 12.2. The van der Waals surface area contributed by atoms with Crippen molar-refractivity contribution in [3.05, 3.63) is 69.6 Å². The molecule has 0 unspecified atom stereocenters. The number of hydrogen-bond donors (Lipinski definition) is 1. The van der Waals surface area contributed by atoms with Crippen LogP contribution in [0.3, 0.4) is 0 Å². The second-order valence-corrected chi connectivity index (χ2v) is 7.38. The lowest BCUT2D eigenvalue weighted by Gasteiger charge is -2.06. The summed E-state index contributed by atoms with van der Waals surface area (Å²) in [5.41, 5.74) is 1.82. The fraction of sp³-hybridized carbons (Fsp3) is 0.118. The van der Waals surface area contributed by atoms with Gasteiger partial charge < -0.3 is 9.88 Å². The highest BCUT2D eigenvalue weighted by Crippen LogP contribution is 2.30. The fourth-order valence-electron chi connectivity index (χ4n) is 1.98. The van der Waals surface area contributed by atoms with Crippen LogP contribution < -0.4 is 10.9 Å². The minimum Gasteiger partial charge on any atom is -0.322 e. The number of thiazole rings is 1. The molecule has 0 aliphatic rings. The van der Waals surface area contributed by atoms with Crippen LogP contribution in [0.2, 0.25) is 0 Å². The molecule has 2 heterocycles. The molecule has 0 fully saturated rings. The van der Waals surface area contributed by atoms with Crippen LogP contribution in [0.1, 0.15) is 16.1 Å². The average Bonchev–Trinajstić information content (AvgIpc) is 2.97. The van der Waals surface area contributed by atoms with E-state index in [0.29, 0.717) is 11.3 Å². The molecule has 2 aromatic heterocycles. The molecular formula is C17H15N3O2S2. The number of benzene rings is 1. The molecule has 0 atom stereocenters. The molecule has 3 aromatic rings. The van der Waals surface area contributed by atoms with Crippen molar-refractivity contribution in [2.24, 2.45) is 7.05 Å². The van der Waals surface area contributed by atoms with E-state index in [9.17, 15) is 9.59 Å². The molecule has 122 valence electrons. The van der Waals surface area contributed by atoms with Gasteiger partial charge in [-0.15, -0.1) is 11.3 Å². The van der Waals surface area contributed by atoms with Gasteiger partial charge in [0.15, 0.2) is 4.34 Å². The molecule has 7 heteroatoms. The Hall–Kier alpha value is -2.38. The molecule has 0 radical (unpaired) electrons. The van der Waals surface area contributed by atoms with Crippen molar-refractivity contribution >= 4 is 34.7 Å². The first-order valence-corrected chi connectivity index (χ1v) is 8.89. The predicted octanol–water partition coefficient (Wildman–Crippen LogP) is 3.55. The lowest BCUT2D eigenvalue weighted by molar-refractivity contribution is 0.102. The number of carbonyl (C=O) groups excluding carboxylic acids is 1. The molecule has 3 rings (SSSR count). The molecule has 0 saturated carbocycles. The molecule has 0 aliphatic carbocycles. The summed E-state index contributed by atoms with van der Waals surface area (Å²) in [6.45, 7) is 1.97. The molecule has 0 saturated heterocycles. The zero-order chi connectivity index (χ0) is 17.1. The SMILES string of the molecule is Cc1csc(Sc2ccc(NC(=O)c3ccn(C)c(=O)c3)cc2)n1. The van der Waals surface area contributed by atoms with Crippen LogP contribution in [0.15, 0.2) is 62.0 Å². The third-order valence-electron chi connectivity index (χ3n) is 3.28. The van der Waals surface area contributed by atoms with Gasteiger partial charge in [-0.3, -0.25) is 9.59 Å². The zero-order valence-electron chi connectivity index (χ0n) is 13.1. The quantitative estimate of drug-likeness (QED) is 0.775. The lowest BCUT2D eigenvalue weighted by Crippen LogP contribution is -2.19. The second kappa shape index (κ2) is 7.02. The van der Waals surface area contributed by atoms with Gasteiger partial charge >= 0.3 is 0 Å². The summed E-state index contributed by atoms with van der Waals surface area (Å²) < 4.78 is 2.41. The fourth-order valence-corrected chi connectivity index (χ4v) is 3.79. The van der Waals surface area contributed by atoms with Crippen molar-refractivity contribution in [2.75, 3.05) is 5.32 Å². The molecule has 24 heavy (non-hydrogen) atoms. The van der Waals surface area contributed by atoms with Crippen molar-refractivity contribution in [2.45, 2.75) is 16.2 Å². The van der Waals surface area contributed by atoms with E-state index in [-0.39, 0.29) is 11.5 Å². The van der Waals surface area contributed by atoms with Crippen molar-refractivity contribution in [3.63, 3.8) is 0 Å². The monoisotopic (exact) mass is 357 g/mol. The summed E-state index contributed by atoms with van der Waals surface area (Å²) in [4.78, 5) is 29.2. The highest BCUT2D eigenvalue weighted by Gasteiger charge is 2.08. The minimum atomic E-state index is -0.302. The van der Waals surface area contributed by atoms with Crippen LogP contribution in [0.4, 0.5) is 5.69 Å². The van der Waals surface area contributed by atoms with Crippen molar-refractivity contribution in [1.82, 2.24) is 9.55 Å². The largest absolute Gasteiger partial charge is 0.322 e. The molecule has 1 aromatic carbocycles. The number of rotatable bonds is 4. The summed E-state index contributed by atoms with van der Waals surface area (Å²) in [6, 6.07) is 10.5. The van der Waals surface area contributed by atoms with Crippen LogP contribution in [0.5, 0.6) is 0 Å². The number of pyridine rings is 1. The number of nitrogens with one attached hydrogen (secondary N) is 1. The van der Waals surface area contributed by atoms with Gasteiger partial charge in [-0.2, -0.15) is 0 Å². The molecule has 0 bridgehead atoms. The van der Waals surface area contributed by atoms with Gasteiger partial charge in [0.05, 0.1) is 0 Å². The van der Waals surface area contributed by atoms with E-state index in [1.807, 2.05) is 36.6 Å². The Kier molecular flexibility index (Phi) is 4.82. The maximum Gasteiger partial charge on any atom is 0.255 e. The van der Waals surface area contributed by atoms with Crippen molar-refractivity contribution in [1.29, 1.82) is 0 Å². The third-order valence-corrected chi connectivity index (χ3v) is 5.35. The highest BCUT2D eigenvalue weighted by atomic mass is 32.2. The number of hydrogen-bond acceptors (Lipinski definition) is 5. The Balaban J connectivity index is 1.68. The van der Waals surface area contributed by atoms with Crippen molar-refractivity contribution < 1.29 is 4.79 Å². The van der Waals surface area contributed by atoms with E-state index >= 15 is 0 Å². The molecule has 1 amide bonds. The maximum absolute atomic E-state index is 12.2. The number of aryl methyl sites for hydroxylation is 2. The van der Waals surface area contributed by atoms with E-state index in [1.54, 1.807) is 42.4 Å². The van der Waals surface area contributed by atoms with E-state index in [2.05, 4.69) is 10.3 Å². The molecule has 5 nitrogen and oxygen atoms in total. The van der Waals surface area contributed by atoms with Crippen LogP contribution >= 0.6 is 23.1 Å². The molecule has 0 spiro atoms. The first-order valence-electron chi connectivity index (χ1n) is 7.19. The number of anilines is 1. The smallest absolute Gasteiger partial charge is 0.255 e. The van der Waals surface area contributed by atoms with E-state index < -0.39 is 0 Å². The molecule has 0 aliphatic heterocycles. The summed E-state index contributed by atoms with van der Waals surface area (Å²) in [5.74, 6) is -0.302. The second-order valence-electron chi connectivity index (χ2n) is 5.20. The Labute approximate surface area is 147 Å². The van der Waals surface area contributed by atoms with Crippen LogP contribution in [-0.2, 0) is 7.05 Å². The van der Waals surface area contributed by atoms with Gasteiger partial charge in [-0.1, -0.05) is 11.8 Å². The normalized spacial score (nSPS) is 10.6. The first-order chi connectivity index (χ1) is 11.5. The van der Waals surface area contributed by atoms with Gasteiger partial charge in [0, 0.05) is 46.5 Å². The van der Waals surface area contributed by atoms with E-state index in [0.717, 1.165) is 14.9 Å². The Morgan fingerprint density at radius 3 is 2.62 bits per heavy atom. The molecule has 1 N–H and O–H groups in total. The predicted molar refractivity (Wildman–Crippen MR) is 97.1 cm³/mol. The zero-order valence-corrected chi connectivity index (χ0v) is 14.8. The Bertz CT molecular complexity index is 930. The van der Waals surface area contributed by atoms with Crippen LogP contribution in [0, 0.1) is 6.92 Å². The number of amides is 1.